The van der Waals surface area contributed by atoms with E-state index in [0.717, 1.165) is 19.0 Å². The van der Waals surface area contributed by atoms with Crippen LogP contribution in [0.4, 0.5) is 0 Å². The maximum Gasteiger partial charge on any atom is 0.00926 e. The average Bonchev–Trinajstić information content (AvgIpc) is 2.15. The first-order chi connectivity index (χ1) is 5.88. The van der Waals surface area contributed by atoms with Crippen LogP contribution in [-0.2, 0) is 0 Å². The van der Waals surface area contributed by atoms with Gasteiger partial charge in [0.25, 0.3) is 0 Å². The van der Waals surface area contributed by atoms with E-state index in [0.29, 0.717) is 0 Å². The standard InChI is InChI=1S/C10H22N2/c1-2-10-6-3-4-8-12(10)9-5-7-11/h10H,2-9,11H2,1H3/t10-/m1/s1. The Labute approximate surface area is 76.1 Å². The van der Waals surface area contributed by atoms with Crippen LogP contribution < -0.4 is 5.73 Å². The highest BCUT2D eigenvalue weighted by atomic mass is 15.2. The minimum Gasteiger partial charge on any atom is -0.330 e. The zero-order valence-corrected chi connectivity index (χ0v) is 8.26. The number of hydrogen-bond acceptors (Lipinski definition) is 2. The zero-order valence-electron chi connectivity index (χ0n) is 8.26. The van der Waals surface area contributed by atoms with Gasteiger partial charge in [-0.2, -0.15) is 0 Å². The Balaban J connectivity index is 2.26. The van der Waals surface area contributed by atoms with Crippen LogP contribution >= 0.6 is 0 Å². The van der Waals surface area contributed by atoms with Crippen LogP contribution in [0.2, 0.25) is 0 Å². The highest BCUT2D eigenvalue weighted by Gasteiger charge is 2.19. The van der Waals surface area contributed by atoms with E-state index in [1.807, 2.05) is 0 Å². The lowest BCUT2D eigenvalue weighted by Crippen LogP contribution is -2.40. The summed E-state index contributed by atoms with van der Waals surface area (Å²) in [6.45, 7) is 5.66. The number of likely N-dealkylation sites (tertiary alicyclic amines) is 1. The lowest BCUT2D eigenvalue weighted by molar-refractivity contribution is 0.143. The third-order valence-electron chi connectivity index (χ3n) is 2.87. The monoisotopic (exact) mass is 170 g/mol. The predicted octanol–water partition coefficient (Wildman–Crippen LogP) is 1.60. The molecular formula is C10H22N2. The summed E-state index contributed by atoms with van der Waals surface area (Å²) in [6.07, 6.45) is 6.70. The summed E-state index contributed by atoms with van der Waals surface area (Å²) in [5.41, 5.74) is 5.51. The second-order valence-corrected chi connectivity index (χ2v) is 3.74. The van der Waals surface area contributed by atoms with E-state index in [1.165, 1.54) is 38.8 Å². The molecule has 0 bridgehead atoms. The molecule has 72 valence electrons. The van der Waals surface area contributed by atoms with Crippen molar-refractivity contribution in [3.8, 4) is 0 Å². The molecule has 0 amide bonds. The smallest absolute Gasteiger partial charge is 0.00926 e. The van der Waals surface area contributed by atoms with Gasteiger partial charge in [-0.25, -0.2) is 0 Å². The third-order valence-corrected chi connectivity index (χ3v) is 2.87. The molecule has 2 nitrogen and oxygen atoms in total. The van der Waals surface area contributed by atoms with Gasteiger partial charge in [0.2, 0.25) is 0 Å². The maximum absolute atomic E-state index is 5.51. The molecule has 1 aliphatic rings. The maximum atomic E-state index is 5.51. The molecule has 2 N–H and O–H groups in total. The van der Waals surface area contributed by atoms with Crippen molar-refractivity contribution in [1.82, 2.24) is 4.90 Å². The van der Waals surface area contributed by atoms with Gasteiger partial charge in [-0.15, -0.1) is 0 Å². The van der Waals surface area contributed by atoms with Gasteiger partial charge in [-0.3, -0.25) is 0 Å². The predicted molar refractivity (Wildman–Crippen MR) is 53.2 cm³/mol. The van der Waals surface area contributed by atoms with Gasteiger partial charge in [-0.05, 0) is 45.3 Å². The van der Waals surface area contributed by atoms with E-state index >= 15 is 0 Å². The highest BCUT2D eigenvalue weighted by Crippen LogP contribution is 2.18. The Kier molecular flexibility index (Phi) is 4.62. The van der Waals surface area contributed by atoms with Gasteiger partial charge in [0.05, 0.1) is 0 Å². The Hall–Kier alpha value is -0.0800. The molecule has 2 heteroatoms. The molecular weight excluding hydrogens is 148 g/mol. The van der Waals surface area contributed by atoms with Crippen molar-refractivity contribution >= 4 is 0 Å². The summed E-state index contributed by atoms with van der Waals surface area (Å²) in [6, 6.07) is 0.852. The van der Waals surface area contributed by atoms with E-state index in [4.69, 9.17) is 5.73 Å². The molecule has 0 aromatic carbocycles. The zero-order chi connectivity index (χ0) is 8.81. The quantitative estimate of drug-likeness (QED) is 0.694. The van der Waals surface area contributed by atoms with Crippen LogP contribution in [0.5, 0.6) is 0 Å². The largest absolute Gasteiger partial charge is 0.330 e. The van der Waals surface area contributed by atoms with Crippen LogP contribution in [0.3, 0.4) is 0 Å². The number of hydrogen-bond donors (Lipinski definition) is 1. The molecule has 0 aromatic heterocycles. The Morgan fingerprint density at radius 2 is 2.25 bits per heavy atom. The fourth-order valence-corrected chi connectivity index (χ4v) is 2.11. The van der Waals surface area contributed by atoms with E-state index in [2.05, 4.69) is 11.8 Å². The first kappa shape index (κ1) is 10.0. The molecule has 0 saturated carbocycles. The Morgan fingerprint density at radius 3 is 2.92 bits per heavy atom. The average molecular weight is 170 g/mol. The molecule has 1 fully saturated rings. The summed E-state index contributed by atoms with van der Waals surface area (Å²) in [4.78, 5) is 2.62. The van der Waals surface area contributed by atoms with Gasteiger partial charge < -0.3 is 10.6 Å². The molecule has 0 aliphatic carbocycles. The molecule has 0 spiro atoms. The summed E-state index contributed by atoms with van der Waals surface area (Å²) in [5, 5.41) is 0. The molecule has 1 saturated heterocycles. The SMILES string of the molecule is CC[C@@H]1CCCCN1CCCN. The van der Waals surface area contributed by atoms with Gasteiger partial charge in [0.1, 0.15) is 0 Å². The van der Waals surface area contributed by atoms with E-state index in [-0.39, 0.29) is 0 Å². The minimum absolute atomic E-state index is 0.840. The summed E-state index contributed by atoms with van der Waals surface area (Å²) < 4.78 is 0. The molecule has 1 atom stereocenters. The number of rotatable bonds is 4. The highest BCUT2D eigenvalue weighted by molar-refractivity contribution is 4.75. The minimum atomic E-state index is 0.840. The van der Waals surface area contributed by atoms with Crippen molar-refractivity contribution < 1.29 is 0 Å². The number of nitrogens with zero attached hydrogens (tertiary/aromatic N) is 1. The fourth-order valence-electron chi connectivity index (χ4n) is 2.11. The van der Waals surface area contributed by atoms with Crippen molar-refractivity contribution in [2.24, 2.45) is 5.73 Å². The summed E-state index contributed by atoms with van der Waals surface area (Å²) in [7, 11) is 0. The molecule has 1 aliphatic heterocycles. The second-order valence-electron chi connectivity index (χ2n) is 3.74. The third kappa shape index (κ3) is 2.76. The van der Waals surface area contributed by atoms with Crippen molar-refractivity contribution in [2.75, 3.05) is 19.6 Å². The topological polar surface area (TPSA) is 29.3 Å². The summed E-state index contributed by atoms with van der Waals surface area (Å²) in [5.74, 6) is 0. The van der Waals surface area contributed by atoms with Crippen LogP contribution in [0.25, 0.3) is 0 Å². The number of nitrogens with two attached hydrogens (primary N) is 1. The summed E-state index contributed by atoms with van der Waals surface area (Å²) >= 11 is 0. The first-order valence-corrected chi connectivity index (χ1v) is 5.32. The molecule has 0 unspecified atom stereocenters. The van der Waals surface area contributed by atoms with Gasteiger partial charge in [-0.1, -0.05) is 13.3 Å². The van der Waals surface area contributed by atoms with Crippen molar-refractivity contribution in [1.29, 1.82) is 0 Å². The van der Waals surface area contributed by atoms with E-state index in [9.17, 15) is 0 Å². The normalized spacial score (nSPS) is 26.0. The molecule has 0 aromatic rings. The second kappa shape index (κ2) is 5.55. The molecule has 1 heterocycles. The van der Waals surface area contributed by atoms with Gasteiger partial charge >= 0.3 is 0 Å². The lowest BCUT2D eigenvalue weighted by atomic mass is 10.00. The first-order valence-electron chi connectivity index (χ1n) is 5.32. The van der Waals surface area contributed by atoms with Gasteiger partial charge in [0, 0.05) is 6.04 Å². The molecule has 1 rings (SSSR count). The van der Waals surface area contributed by atoms with Crippen molar-refractivity contribution in [2.45, 2.75) is 45.1 Å². The van der Waals surface area contributed by atoms with Crippen molar-refractivity contribution in [3.05, 3.63) is 0 Å². The van der Waals surface area contributed by atoms with Gasteiger partial charge in [0.15, 0.2) is 0 Å². The van der Waals surface area contributed by atoms with Crippen LogP contribution in [0, 0.1) is 0 Å². The van der Waals surface area contributed by atoms with E-state index in [1.54, 1.807) is 0 Å². The van der Waals surface area contributed by atoms with Crippen LogP contribution in [-0.4, -0.2) is 30.6 Å². The fraction of sp³-hybridized carbons (Fsp3) is 1.00. The molecule has 0 radical (unpaired) electrons. The van der Waals surface area contributed by atoms with E-state index < -0.39 is 0 Å². The Morgan fingerprint density at radius 1 is 1.42 bits per heavy atom. The Bertz CT molecular complexity index is 114. The van der Waals surface area contributed by atoms with Crippen LogP contribution in [0.15, 0.2) is 0 Å². The molecule has 12 heavy (non-hydrogen) atoms. The van der Waals surface area contributed by atoms with Crippen molar-refractivity contribution in [3.63, 3.8) is 0 Å². The number of piperidine rings is 1. The van der Waals surface area contributed by atoms with Crippen LogP contribution in [0.1, 0.15) is 39.0 Å². The lowest BCUT2D eigenvalue weighted by Gasteiger charge is -2.35.